The molecule has 5 heteroatoms. The van der Waals surface area contributed by atoms with Gasteiger partial charge in [0.05, 0.1) is 0 Å². The van der Waals surface area contributed by atoms with Crippen molar-refractivity contribution in [3.8, 4) is 0 Å². The lowest BCUT2D eigenvalue weighted by molar-refractivity contribution is -0.115. The predicted molar refractivity (Wildman–Crippen MR) is 81.5 cm³/mol. The van der Waals surface area contributed by atoms with Crippen molar-refractivity contribution < 1.29 is 14.1 Å². The maximum Gasteiger partial charge on any atom is 0.273 e. The van der Waals surface area contributed by atoms with Gasteiger partial charge in [-0.25, -0.2) is 0 Å². The summed E-state index contributed by atoms with van der Waals surface area (Å²) < 4.78 is 5.21. The van der Waals surface area contributed by atoms with Crippen molar-refractivity contribution in [2.24, 2.45) is 5.92 Å². The fraction of sp³-hybridized carbons (Fsp3) is 0.588. The smallest absolute Gasteiger partial charge is 0.273 e. The van der Waals surface area contributed by atoms with Crippen LogP contribution in [-0.2, 0) is 4.79 Å². The van der Waals surface area contributed by atoms with Crippen LogP contribution in [-0.4, -0.2) is 22.9 Å². The Morgan fingerprint density at radius 1 is 1.27 bits per heavy atom. The van der Waals surface area contributed by atoms with E-state index in [2.05, 4.69) is 17.1 Å². The minimum absolute atomic E-state index is 0.114. The van der Waals surface area contributed by atoms with Gasteiger partial charge in [-0.15, -0.1) is 0 Å². The van der Waals surface area contributed by atoms with Gasteiger partial charge in [0.15, 0.2) is 11.5 Å². The number of carbonyl (C=O) groups excluding carboxylic acids is 2. The fourth-order valence-corrected chi connectivity index (χ4v) is 3.09. The lowest BCUT2D eigenvalue weighted by atomic mass is 9.83. The molecule has 0 unspecified atom stereocenters. The van der Waals surface area contributed by atoms with Gasteiger partial charge in [-0.1, -0.05) is 11.7 Å². The molecule has 2 saturated carbocycles. The van der Waals surface area contributed by atoms with Crippen LogP contribution >= 0.6 is 0 Å². The SMILES string of the molecule is C=CC(=O)CC1CCC(NC(=O)c2cc(C3CC3)on2)CC1. The first-order valence-electron chi connectivity index (χ1n) is 8.08. The topological polar surface area (TPSA) is 72.2 Å². The predicted octanol–water partition coefficient (Wildman–Crippen LogP) is 2.99. The molecule has 2 fully saturated rings. The summed E-state index contributed by atoms with van der Waals surface area (Å²) >= 11 is 0. The van der Waals surface area contributed by atoms with Crippen LogP contribution < -0.4 is 5.32 Å². The van der Waals surface area contributed by atoms with Crippen molar-refractivity contribution in [2.75, 3.05) is 0 Å². The van der Waals surface area contributed by atoms with Crippen molar-refractivity contribution in [1.29, 1.82) is 0 Å². The van der Waals surface area contributed by atoms with E-state index in [1.807, 2.05) is 0 Å². The van der Waals surface area contributed by atoms with Gasteiger partial charge >= 0.3 is 0 Å². The highest BCUT2D eigenvalue weighted by atomic mass is 16.5. The molecular weight excluding hydrogens is 280 g/mol. The van der Waals surface area contributed by atoms with E-state index in [4.69, 9.17) is 4.52 Å². The van der Waals surface area contributed by atoms with Gasteiger partial charge in [-0.2, -0.15) is 0 Å². The molecule has 2 aliphatic carbocycles. The van der Waals surface area contributed by atoms with Crippen LogP contribution in [0.5, 0.6) is 0 Å². The van der Waals surface area contributed by atoms with E-state index in [0.717, 1.165) is 44.3 Å². The Balaban J connectivity index is 1.46. The average Bonchev–Trinajstić information content (AvgIpc) is 3.26. The summed E-state index contributed by atoms with van der Waals surface area (Å²) in [5.41, 5.74) is 0.380. The Hall–Kier alpha value is -1.91. The summed E-state index contributed by atoms with van der Waals surface area (Å²) in [6.07, 6.45) is 8.00. The molecule has 1 aromatic heterocycles. The monoisotopic (exact) mass is 302 g/mol. The van der Waals surface area contributed by atoms with E-state index in [1.54, 1.807) is 6.07 Å². The summed E-state index contributed by atoms with van der Waals surface area (Å²) in [6.45, 7) is 3.51. The minimum atomic E-state index is -0.152. The molecule has 0 saturated heterocycles. The molecule has 3 rings (SSSR count). The number of carbonyl (C=O) groups is 2. The maximum absolute atomic E-state index is 12.2. The van der Waals surface area contributed by atoms with E-state index < -0.39 is 0 Å². The summed E-state index contributed by atoms with van der Waals surface area (Å²) in [5, 5.41) is 6.89. The number of aromatic nitrogens is 1. The largest absolute Gasteiger partial charge is 0.360 e. The Bertz CT molecular complexity index is 566. The Morgan fingerprint density at radius 3 is 2.64 bits per heavy atom. The molecule has 5 nitrogen and oxygen atoms in total. The van der Waals surface area contributed by atoms with E-state index in [1.165, 1.54) is 6.08 Å². The standard InChI is InChI=1S/C17H22N2O3/c1-2-14(20)9-11-3-7-13(8-4-11)18-17(21)15-10-16(22-19-15)12-5-6-12/h2,10-13H,1,3-9H2,(H,18,21). The molecule has 0 spiro atoms. The number of hydrogen-bond acceptors (Lipinski definition) is 4. The van der Waals surface area contributed by atoms with Gasteiger partial charge in [0.1, 0.15) is 5.76 Å². The quantitative estimate of drug-likeness (QED) is 0.820. The number of amides is 1. The summed E-state index contributed by atoms with van der Waals surface area (Å²) in [5.74, 6) is 1.68. The summed E-state index contributed by atoms with van der Waals surface area (Å²) in [6, 6.07) is 1.94. The first-order valence-corrected chi connectivity index (χ1v) is 8.08. The summed E-state index contributed by atoms with van der Waals surface area (Å²) in [7, 11) is 0. The molecule has 1 aromatic rings. The minimum Gasteiger partial charge on any atom is -0.360 e. The fourth-order valence-electron chi connectivity index (χ4n) is 3.09. The highest BCUT2D eigenvalue weighted by molar-refractivity contribution is 5.92. The lowest BCUT2D eigenvalue weighted by Crippen LogP contribution is -2.38. The molecule has 2 aliphatic rings. The molecule has 0 radical (unpaired) electrons. The van der Waals surface area contributed by atoms with E-state index >= 15 is 0 Å². The first kappa shape index (κ1) is 15.0. The number of ketones is 1. The van der Waals surface area contributed by atoms with E-state index in [-0.39, 0.29) is 17.7 Å². The van der Waals surface area contributed by atoms with Crippen molar-refractivity contribution in [3.63, 3.8) is 0 Å². The van der Waals surface area contributed by atoms with Gasteiger partial charge in [-0.3, -0.25) is 9.59 Å². The maximum atomic E-state index is 12.2. The normalized spacial score (nSPS) is 24.7. The molecule has 0 aliphatic heterocycles. The molecule has 22 heavy (non-hydrogen) atoms. The van der Waals surface area contributed by atoms with Crippen molar-refractivity contribution >= 4 is 11.7 Å². The second kappa shape index (κ2) is 6.46. The van der Waals surface area contributed by atoms with Gasteiger partial charge < -0.3 is 9.84 Å². The molecular formula is C17H22N2O3. The zero-order valence-electron chi connectivity index (χ0n) is 12.7. The molecule has 0 aromatic carbocycles. The highest BCUT2D eigenvalue weighted by Crippen LogP contribution is 2.40. The molecule has 118 valence electrons. The summed E-state index contributed by atoms with van der Waals surface area (Å²) in [4.78, 5) is 23.6. The molecule has 1 heterocycles. The Morgan fingerprint density at radius 2 is 2.00 bits per heavy atom. The van der Waals surface area contributed by atoms with Crippen LogP contribution in [0.2, 0.25) is 0 Å². The van der Waals surface area contributed by atoms with Gasteiger partial charge in [0, 0.05) is 24.4 Å². The highest BCUT2D eigenvalue weighted by Gasteiger charge is 2.29. The van der Waals surface area contributed by atoms with Gasteiger partial charge in [-0.05, 0) is 50.5 Å². The molecule has 1 amide bonds. The van der Waals surface area contributed by atoms with Crippen LogP contribution in [0.15, 0.2) is 23.2 Å². The third kappa shape index (κ3) is 3.64. The second-order valence-electron chi connectivity index (χ2n) is 6.45. The second-order valence-corrected chi connectivity index (χ2v) is 6.45. The Labute approximate surface area is 130 Å². The lowest BCUT2D eigenvalue weighted by Gasteiger charge is -2.28. The van der Waals surface area contributed by atoms with Crippen molar-refractivity contribution in [3.05, 3.63) is 30.2 Å². The van der Waals surface area contributed by atoms with Crippen LogP contribution in [0.3, 0.4) is 0 Å². The first-order chi connectivity index (χ1) is 10.7. The zero-order chi connectivity index (χ0) is 15.5. The van der Waals surface area contributed by atoms with E-state index in [9.17, 15) is 9.59 Å². The van der Waals surface area contributed by atoms with Crippen LogP contribution in [0.25, 0.3) is 0 Å². The molecule has 0 bridgehead atoms. The number of nitrogens with one attached hydrogen (secondary N) is 1. The number of allylic oxidation sites excluding steroid dienone is 1. The van der Waals surface area contributed by atoms with Crippen LogP contribution in [0, 0.1) is 5.92 Å². The average molecular weight is 302 g/mol. The third-order valence-electron chi connectivity index (χ3n) is 4.64. The number of nitrogens with zero attached hydrogens (tertiary/aromatic N) is 1. The molecule has 1 N–H and O–H groups in total. The van der Waals surface area contributed by atoms with Crippen molar-refractivity contribution in [2.45, 2.75) is 56.9 Å². The third-order valence-corrected chi connectivity index (χ3v) is 4.64. The van der Waals surface area contributed by atoms with Crippen LogP contribution in [0.1, 0.15) is 67.1 Å². The number of rotatable bonds is 6. The number of hydrogen-bond donors (Lipinski definition) is 1. The van der Waals surface area contributed by atoms with Crippen molar-refractivity contribution in [1.82, 2.24) is 10.5 Å². The van der Waals surface area contributed by atoms with Gasteiger partial charge in [0.2, 0.25) is 0 Å². The Kier molecular flexibility index (Phi) is 4.41. The van der Waals surface area contributed by atoms with Crippen LogP contribution in [0.4, 0.5) is 0 Å². The van der Waals surface area contributed by atoms with Gasteiger partial charge in [0.25, 0.3) is 5.91 Å². The zero-order valence-corrected chi connectivity index (χ0v) is 12.7. The van der Waals surface area contributed by atoms with E-state index in [0.29, 0.717) is 24.0 Å². The molecule has 0 atom stereocenters.